The van der Waals surface area contributed by atoms with E-state index in [2.05, 4.69) is 18.3 Å². The monoisotopic (exact) mass is 298 g/mol. The van der Waals surface area contributed by atoms with Crippen LogP contribution in [-0.2, 0) is 6.54 Å². The molecule has 3 nitrogen and oxygen atoms in total. The SMILES string of the molecule is CCSc1cccc(NCc2cccc(OC)c2)c1C#N. The lowest BCUT2D eigenvalue weighted by molar-refractivity contribution is 0.414. The molecule has 0 atom stereocenters. The molecular formula is C17H18N2OS. The highest BCUT2D eigenvalue weighted by Gasteiger charge is 2.07. The number of ether oxygens (including phenoxy) is 1. The summed E-state index contributed by atoms with van der Waals surface area (Å²) in [5.41, 5.74) is 2.71. The zero-order valence-electron chi connectivity index (χ0n) is 12.2. The minimum atomic E-state index is 0.659. The molecule has 0 aliphatic rings. The van der Waals surface area contributed by atoms with E-state index in [1.807, 2.05) is 42.5 Å². The minimum absolute atomic E-state index is 0.659. The number of nitriles is 1. The number of nitrogens with one attached hydrogen (secondary N) is 1. The maximum absolute atomic E-state index is 9.38. The van der Waals surface area contributed by atoms with E-state index in [9.17, 15) is 5.26 Å². The molecule has 0 saturated carbocycles. The van der Waals surface area contributed by atoms with Crippen LogP contribution in [0.4, 0.5) is 5.69 Å². The molecule has 0 bridgehead atoms. The topological polar surface area (TPSA) is 45.0 Å². The van der Waals surface area contributed by atoms with Gasteiger partial charge in [0.1, 0.15) is 11.8 Å². The molecule has 0 aliphatic carbocycles. The molecule has 0 aromatic heterocycles. The van der Waals surface area contributed by atoms with E-state index in [1.165, 1.54) is 0 Å². The molecule has 0 amide bonds. The van der Waals surface area contributed by atoms with Crippen LogP contribution in [0.2, 0.25) is 0 Å². The number of hydrogen-bond donors (Lipinski definition) is 1. The smallest absolute Gasteiger partial charge is 0.119 e. The summed E-state index contributed by atoms with van der Waals surface area (Å²) in [4.78, 5) is 1.02. The molecule has 0 spiro atoms. The Morgan fingerprint density at radius 2 is 2.05 bits per heavy atom. The summed E-state index contributed by atoms with van der Waals surface area (Å²) in [6.45, 7) is 2.74. The highest BCUT2D eigenvalue weighted by Crippen LogP contribution is 2.28. The van der Waals surface area contributed by atoms with Gasteiger partial charge in [0.2, 0.25) is 0 Å². The van der Waals surface area contributed by atoms with E-state index in [1.54, 1.807) is 18.9 Å². The van der Waals surface area contributed by atoms with Crippen LogP contribution in [0.5, 0.6) is 5.75 Å². The standard InChI is InChI=1S/C17H18N2OS/c1-3-21-17-9-5-8-16(15(17)11-18)19-12-13-6-4-7-14(10-13)20-2/h4-10,19H,3,12H2,1-2H3. The van der Waals surface area contributed by atoms with Gasteiger partial charge in [-0.15, -0.1) is 11.8 Å². The van der Waals surface area contributed by atoms with Crippen LogP contribution in [0.15, 0.2) is 47.4 Å². The summed E-state index contributed by atoms with van der Waals surface area (Å²) in [6.07, 6.45) is 0. The molecule has 1 N–H and O–H groups in total. The van der Waals surface area contributed by atoms with Crippen molar-refractivity contribution in [1.82, 2.24) is 0 Å². The Balaban J connectivity index is 2.16. The maximum Gasteiger partial charge on any atom is 0.119 e. The first-order valence-electron chi connectivity index (χ1n) is 6.81. The van der Waals surface area contributed by atoms with Crippen molar-refractivity contribution in [2.24, 2.45) is 0 Å². The van der Waals surface area contributed by atoms with Crippen molar-refractivity contribution in [3.05, 3.63) is 53.6 Å². The lowest BCUT2D eigenvalue weighted by Crippen LogP contribution is -2.02. The molecule has 21 heavy (non-hydrogen) atoms. The van der Waals surface area contributed by atoms with Crippen molar-refractivity contribution in [2.75, 3.05) is 18.2 Å². The molecule has 2 aromatic rings. The summed E-state index contributed by atoms with van der Waals surface area (Å²) >= 11 is 1.69. The Bertz CT molecular complexity index is 649. The van der Waals surface area contributed by atoms with Gasteiger partial charge in [0.25, 0.3) is 0 Å². The number of nitrogens with zero attached hydrogens (tertiary/aromatic N) is 1. The van der Waals surface area contributed by atoms with Crippen LogP contribution in [0, 0.1) is 11.3 Å². The van der Waals surface area contributed by atoms with Crippen molar-refractivity contribution >= 4 is 17.4 Å². The fourth-order valence-corrected chi connectivity index (χ4v) is 2.83. The highest BCUT2D eigenvalue weighted by molar-refractivity contribution is 7.99. The van der Waals surface area contributed by atoms with Gasteiger partial charge < -0.3 is 10.1 Å². The predicted octanol–water partition coefficient (Wildman–Crippen LogP) is 4.29. The number of thioether (sulfide) groups is 1. The third kappa shape index (κ3) is 3.93. The van der Waals surface area contributed by atoms with E-state index in [4.69, 9.17) is 4.74 Å². The average Bonchev–Trinajstić information content (AvgIpc) is 2.53. The molecule has 0 unspecified atom stereocenters. The fourth-order valence-electron chi connectivity index (χ4n) is 2.05. The largest absolute Gasteiger partial charge is 0.497 e. The van der Waals surface area contributed by atoms with Crippen LogP contribution in [-0.4, -0.2) is 12.9 Å². The summed E-state index contributed by atoms with van der Waals surface area (Å²) in [5.74, 6) is 1.79. The molecule has 2 aromatic carbocycles. The van der Waals surface area contributed by atoms with E-state index < -0.39 is 0 Å². The van der Waals surface area contributed by atoms with Crippen molar-refractivity contribution in [3.63, 3.8) is 0 Å². The predicted molar refractivity (Wildman–Crippen MR) is 87.9 cm³/mol. The molecule has 0 fully saturated rings. The number of anilines is 1. The molecule has 0 heterocycles. The third-order valence-electron chi connectivity index (χ3n) is 3.05. The van der Waals surface area contributed by atoms with E-state index in [0.717, 1.165) is 27.6 Å². The molecular weight excluding hydrogens is 280 g/mol. The van der Waals surface area contributed by atoms with Crippen molar-refractivity contribution in [2.45, 2.75) is 18.4 Å². The van der Waals surface area contributed by atoms with Crippen molar-refractivity contribution < 1.29 is 4.74 Å². The van der Waals surface area contributed by atoms with Gasteiger partial charge in [-0.1, -0.05) is 25.1 Å². The second-order valence-corrected chi connectivity index (χ2v) is 5.73. The van der Waals surface area contributed by atoms with Crippen molar-refractivity contribution in [1.29, 1.82) is 5.26 Å². The lowest BCUT2D eigenvalue weighted by atomic mass is 10.1. The number of benzene rings is 2. The molecule has 0 saturated heterocycles. The molecule has 2 rings (SSSR count). The fraction of sp³-hybridized carbons (Fsp3) is 0.235. The van der Waals surface area contributed by atoms with Gasteiger partial charge in [0, 0.05) is 11.4 Å². The van der Waals surface area contributed by atoms with Crippen LogP contribution < -0.4 is 10.1 Å². The van der Waals surface area contributed by atoms with Gasteiger partial charge >= 0.3 is 0 Å². The van der Waals surface area contributed by atoms with E-state index >= 15 is 0 Å². The maximum atomic E-state index is 9.38. The quantitative estimate of drug-likeness (QED) is 0.808. The summed E-state index contributed by atoms with van der Waals surface area (Å²) in [7, 11) is 1.66. The summed E-state index contributed by atoms with van der Waals surface area (Å²) < 4.78 is 5.22. The Labute approximate surface area is 129 Å². The van der Waals surface area contributed by atoms with Crippen LogP contribution in [0.3, 0.4) is 0 Å². The first-order chi connectivity index (χ1) is 10.3. The average molecular weight is 298 g/mol. The first-order valence-corrected chi connectivity index (χ1v) is 7.79. The Morgan fingerprint density at radius 3 is 2.76 bits per heavy atom. The van der Waals surface area contributed by atoms with Crippen LogP contribution in [0.1, 0.15) is 18.1 Å². The molecule has 0 radical (unpaired) electrons. The second-order valence-electron chi connectivity index (χ2n) is 4.43. The Kier molecular flexibility index (Phi) is 5.53. The summed E-state index contributed by atoms with van der Waals surface area (Å²) in [6, 6.07) is 16.1. The van der Waals surface area contributed by atoms with Gasteiger partial charge in [0.05, 0.1) is 18.4 Å². The second kappa shape index (κ2) is 7.61. The van der Waals surface area contributed by atoms with Gasteiger partial charge in [-0.25, -0.2) is 0 Å². The van der Waals surface area contributed by atoms with Gasteiger partial charge in [-0.05, 0) is 35.6 Å². The Morgan fingerprint density at radius 1 is 1.24 bits per heavy atom. The van der Waals surface area contributed by atoms with Gasteiger partial charge in [0.15, 0.2) is 0 Å². The molecule has 4 heteroatoms. The van der Waals surface area contributed by atoms with Crippen molar-refractivity contribution in [3.8, 4) is 11.8 Å². The van der Waals surface area contributed by atoms with E-state index in [0.29, 0.717) is 12.1 Å². The summed E-state index contributed by atoms with van der Waals surface area (Å²) in [5, 5.41) is 12.7. The molecule has 0 aliphatic heterocycles. The number of methoxy groups -OCH3 is 1. The normalized spacial score (nSPS) is 9.95. The number of hydrogen-bond acceptors (Lipinski definition) is 4. The Hall–Kier alpha value is -2.12. The minimum Gasteiger partial charge on any atom is -0.497 e. The van der Waals surface area contributed by atoms with Crippen LogP contribution >= 0.6 is 11.8 Å². The zero-order valence-corrected chi connectivity index (χ0v) is 13.0. The van der Waals surface area contributed by atoms with E-state index in [-0.39, 0.29) is 0 Å². The molecule has 108 valence electrons. The lowest BCUT2D eigenvalue weighted by Gasteiger charge is -2.11. The van der Waals surface area contributed by atoms with Crippen LogP contribution in [0.25, 0.3) is 0 Å². The van der Waals surface area contributed by atoms with Gasteiger partial charge in [-0.3, -0.25) is 0 Å². The first kappa shape index (κ1) is 15.3. The van der Waals surface area contributed by atoms with Gasteiger partial charge in [-0.2, -0.15) is 5.26 Å². The highest BCUT2D eigenvalue weighted by atomic mass is 32.2. The number of rotatable bonds is 6. The zero-order chi connectivity index (χ0) is 15.1. The third-order valence-corrected chi connectivity index (χ3v) is 3.99.